The van der Waals surface area contributed by atoms with Crippen molar-refractivity contribution in [3.63, 3.8) is 0 Å². The van der Waals surface area contributed by atoms with Gasteiger partial charge in [-0.15, -0.1) is 0 Å². The first kappa shape index (κ1) is 91.0. The molecule has 0 saturated heterocycles. The van der Waals surface area contributed by atoms with Crippen LogP contribution in [-0.2, 0) is 58.4 Å². The largest absolute Gasteiger partial charge is 0.491 e. The highest BCUT2D eigenvalue weighted by atomic mass is 16.6. The molecule has 8 aromatic rings. The van der Waals surface area contributed by atoms with Gasteiger partial charge in [-0.1, -0.05) is 194 Å². The summed E-state index contributed by atoms with van der Waals surface area (Å²) in [5, 5.41) is 32.2. The van der Waals surface area contributed by atoms with E-state index in [9.17, 15) is 39.0 Å². The zero-order valence-electron chi connectivity index (χ0n) is 73.0. The maximum Gasteiger partial charge on any atom is 0.407 e. The average Bonchev–Trinajstić information content (AvgIpc) is 1.56. The summed E-state index contributed by atoms with van der Waals surface area (Å²) in [6, 6.07) is 65.7. The van der Waals surface area contributed by atoms with E-state index < -0.39 is 101 Å². The van der Waals surface area contributed by atoms with Gasteiger partial charge < -0.3 is 83.6 Å². The molecule has 2 saturated carbocycles. The van der Waals surface area contributed by atoms with Crippen LogP contribution in [0.1, 0.15) is 166 Å². The lowest BCUT2D eigenvalue weighted by molar-refractivity contribution is -0.164. The average molecular weight is 1680 g/mol. The van der Waals surface area contributed by atoms with Gasteiger partial charge in [-0.05, 0) is 217 Å². The first-order chi connectivity index (χ1) is 58.7. The van der Waals surface area contributed by atoms with Gasteiger partial charge in [-0.25, -0.2) is 19.2 Å². The number of carbonyl (C=O) groups is 6. The van der Waals surface area contributed by atoms with Crippen LogP contribution in [-0.4, -0.2) is 169 Å². The number of nitrogens with one attached hydrogen (secondary N) is 4. The molecule has 2 fully saturated rings. The second-order valence-electron chi connectivity index (χ2n) is 36.5. The van der Waals surface area contributed by atoms with E-state index in [2.05, 4.69) is 208 Å². The van der Waals surface area contributed by atoms with Crippen LogP contribution in [0.3, 0.4) is 0 Å². The predicted octanol–water partition coefficient (Wildman–Crippen LogP) is 16.3. The van der Waals surface area contributed by atoms with E-state index in [1.165, 1.54) is 36.1 Å². The Morgan fingerprint density at radius 2 is 0.813 bits per heavy atom. The fourth-order valence-electron chi connectivity index (χ4n) is 19.0. The number of carbonyl (C=O) groups excluding carboxylic acids is 6. The van der Waals surface area contributed by atoms with Crippen molar-refractivity contribution in [2.24, 2.45) is 27.1 Å². The van der Waals surface area contributed by atoms with Crippen molar-refractivity contribution in [3.05, 3.63) is 251 Å². The highest BCUT2D eigenvalue weighted by molar-refractivity contribution is 5.89. The van der Waals surface area contributed by atoms with E-state index in [-0.39, 0.29) is 87.2 Å². The summed E-state index contributed by atoms with van der Waals surface area (Å²) in [6.07, 6.45) is -0.181. The van der Waals surface area contributed by atoms with E-state index in [1.54, 1.807) is 13.8 Å². The second kappa shape index (κ2) is 39.1. The zero-order chi connectivity index (χ0) is 88.0. The standard InChI is InChI=1S/C100H120N4O19/c1-66(2)87(107)119-58-74(106)59-120-89(109)98(13,64-121-90(110)102-63-97(12)57-72(54-94(7,8)61-97)103-91(111)118-51-50-116-77-42-34-70(35-43-77)100(69-32-40-76(41-33-69)115-49-48-113-67(3)4)85-28-20-16-24-81(85)82-25-17-21-29-86(82)100)65-122-92(112)104-73-55-93(5,6)60-96(11,56-73)62-101-88(108)95(9,10)123-53-52-117-78-44-36-71(37-45-78)99(68-30-38-75(39-31-68)114-47-46-105)83-26-18-14-22-79(83)80-23-15-19-27-84(80)99/h14-45,67,72-74,105-106H,1,46-65H2,2-13H3,(H,101,108)(H,102,110)(H,103,111)(H,104,112). The Kier molecular flexibility index (Phi) is 28.9. The van der Waals surface area contributed by atoms with Crippen LogP contribution in [0.25, 0.3) is 22.3 Å². The molecule has 12 rings (SSSR count). The molecule has 6 N–H and O–H groups in total. The lowest BCUT2D eigenvalue weighted by Crippen LogP contribution is -2.53. The number of benzene rings is 8. The molecule has 4 aliphatic rings. The quantitative estimate of drug-likeness (QED) is 0.00907. The summed E-state index contributed by atoms with van der Waals surface area (Å²) in [5.74, 6) is 0.598. The first-order valence-electron chi connectivity index (χ1n) is 42.6. The van der Waals surface area contributed by atoms with Crippen LogP contribution in [0.5, 0.6) is 23.0 Å². The molecule has 0 bridgehead atoms. The maximum absolute atomic E-state index is 14.1. The van der Waals surface area contributed by atoms with Gasteiger partial charge in [0.15, 0.2) is 0 Å². The Morgan fingerprint density at radius 1 is 0.447 bits per heavy atom. The first-order valence-corrected chi connectivity index (χ1v) is 42.6. The summed E-state index contributed by atoms with van der Waals surface area (Å²) in [7, 11) is 0. The van der Waals surface area contributed by atoms with Gasteiger partial charge in [0.25, 0.3) is 5.91 Å². The van der Waals surface area contributed by atoms with Gasteiger partial charge in [0.1, 0.15) is 99.6 Å². The van der Waals surface area contributed by atoms with Crippen LogP contribution < -0.4 is 40.2 Å². The Morgan fingerprint density at radius 3 is 1.22 bits per heavy atom. The third kappa shape index (κ3) is 21.9. The second-order valence-corrected chi connectivity index (χ2v) is 36.5. The number of amides is 4. The van der Waals surface area contributed by atoms with E-state index in [0.29, 0.717) is 69.0 Å². The monoisotopic (exact) mass is 1680 g/mol. The molecular weight excluding hydrogens is 1560 g/mol. The molecule has 6 unspecified atom stereocenters. The van der Waals surface area contributed by atoms with Crippen LogP contribution in [0, 0.1) is 27.1 Å². The maximum atomic E-state index is 14.1. The number of rotatable bonds is 38. The molecule has 4 aliphatic carbocycles. The van der Waals surface area contributed by atoms with Gasteiger partial charge in [-0.2, -0.15) is 0 Å². The zero-order valence-corrected chi connectivity index (χ0v) is 73.0. The molecule has 123 heavy (non-hydrogen) atoms. The number of esters is 2. The van der Waals surface area contributed by atoms with Crippen molar-refractivity contribution in [3.8, 4) is 45.3 Å². The number of aliphatic hydroxyl groups is 2. The number of fused-ring (bicyclic) bond motifs is 6. The summed E-state index contributed by atoms with van der Waals surface area (Å²) in [4.78, 5) is 81.6. The number of alkyl carbamates (subject to hydrolysis) is 3. The smallest absolute Gasteiger partial charge is 0.407 e. The minimum absolute atomic E-state index is 0.0277. The Labute approximate surface area is 722 Å². The molecular formula is C100H120N4O19. The van der Waals surface area contributed by atoms with Gasteiger partial charge in [0.05, 0.1) is 36.8 Å². The summed E-state index contributed by atoms with van der Waals surface area (Å²) in [6.45, 7) is 25.6. The summed E-state index contributed by atoms with van der Waals surface area (Å²) >= 11 is 0. The highest BCUT2D eigenvalue weighted by Gasteiger charge is 2.50. The third-order valence-electron chi connectivity index (χ3n) is 23.7. The van der Waals surface area contributed by atoms with E-state index in [4.69, 9.17) is 52.1 Å². The van der Waals surface area contributed by atoms with Gasteiger partial charge >= 0.3 is 30.2 Å². The SMILES string of the molecule is C=C(C)C(=O)OCC(O)COC(=O)C(C)(COC(=O)NCC1(C)CC(NC(=O)OCCOc2ccc(C3(c4ccc(OCCOC(C)C)cc4)c4ccccc4-c4ccccc43)cc2)CC(C)(C)C1)COC(=O)NC1CC(C)(C)CC(C)(CNC(=O)C(C)(C)OCCOc2ccc(C3(c4ccc(OCCO)cc4)c4ccccc4-c4ccccc43)cc2)C1. The van der Waals surface area contributed by atoms with Crippen LogP contribution in [0.4, 0.5) is 14.4 Å². The van der Waals surface area contributed by atoms with Crippen molar-refractivity contribution in [1.82, 2.24) is 21.3 Å². The Hall–Kier alpha value is -11.2. The van der Waals surface area contributed by atoms with Crippen molar-refractivity contribution in [1.29, 1.82) is 0 Å². The van der Waals surface area contributed by atoms with Crippen molar-refractivity contribution >= 4 is 36.1 Å². The third-order valence-corrected chi connectivity index (χ3v) is 23.7. The van der Waals surface area contributed by atoms with Crippen LogP contribution in [0.2, 0.25) is 0 Å². The lowest BCUT2D eigenvalue weighted by atomic mass is 9.62. The lowest BCUT2D eigenvalue weighted by Gasteiger charge is -2.47. The number of hydrogen-bond acceptors (Lipinski definition) is 19. The summed E-state index contributed by atoms with van der Waals surface area (Å²) < 4.78 is 64.0. The molecule has 23 heteroatoms. The number of ether oxygens (including phenoxy) is 11. The molecule has 23 nitrogen and oxygen atoms in total. The Balaban J connectivity index is 0.608. The summed E-state index contributed by atoms with van der Waals surface area (Å²) in [5.41, 5.74) is 7.60. The van der Waals surface area contributed by atoms with E-state index >= 15 is 0 Å². The molecule has 0 aromatic heterocycles. The van der Waals surface area contributed by atoms with E-state index in [0.717, 1.165) is 50.3 Å². The Bertz CT molecular complexity index is 4920. The fraction of sp³-hybridized carbons (Fsp3) is 0.440. The van der Waals surface area contributed by atoms with Crippen molar-refractivity contribution < 1.29 is 91.1 Å². The fourth-order valence-corrected chi connectivity index (χ4v) is 19.0. The number of hydrogen-bond donors (Lipinski definition) is 6. The van der Waals surface area contributed by atoms with Gasteiger partial charge in [0.2, 0.25) is 0 Å². The number of aliphatic hydroxyl groups excluding tert-OH is 2. The molecule has 0 heterocycles. The molecule has 654 valence electrons. The molecule has 6 atom stereocenters. The highest BCUT2D eigenvalue weighted by Crippen LogP contribution is 2.59. The van der Waals surface area contributed by atoms with Gasteiger partial charge in [-0.3, -0.25) is 9.59 Å². The van der Waals surface area contributed by atoms with E-state index in [1.807, 2.05) is 69.3 Å². The normalized spacial score (nSPS) is 19.3. The molecule has 0 aliphatic heterocycles. The predicted molar refractivity (Wildman–Crippen MR) is 469 cm³/mol. The van der Waals surface area contributed by atoms with Crippen molar-refractivity contribution in [2.45, 2.75) is 162 Å². The molecule has 8 aromatic carbocycles. The minimum atomic E-state index is -1.83. The van der Waals surface area contributed by atoms with Crippen LogP contribution >= 0.6 is 0 Å². The van der Waals surface area contributed by atoms with Crippen molar-refractivity contribution in [2.75, 3.05) is 92.4 Å². The topological polar surface area (TPSA) is 293 Å². The molecule has 0 radical (unpaired) electrons. The minimum Gasteiger partial charge on any atom is -0.491 e. The molecule has 4 amide bonds. The van der Waals surface area contributed by atoms with Gasteiger partial charge in [0, 0.05) is 30.7 Å². The van der Waals surface area contributed by atoms with Crippen LogP contribution in [0.15, 0.2) is 206 Å². The molecule has 0 spiro atoms.